The average Bonchev–Trinajstić information content (AvgIpc) is 2.26. The van der Waals surface area contributed by atoms with Gasteiger partial charge in [0, 0.05) is 10.9 Å². The molecule has 0 atom stereocenters. The first kappa shape index (κ1) is 12.8. The van der Waals surface area contributed by atoms with Crippen LogP contribution in [0.25, 0.3) is 0 Å². The summed E-state index contributed by atoms with van der Waals surface area (Å²) in [4.78, 5) is 11.9. The Balaban J connectivity index is 1.57. The van der Waals surface area contributed by atoms with Crippen LogP contribution in [0.3, 0.4) is 0 Å². The number of rotatable bonds is 4. The summed E-state index contributed by atoms with van der Waals surface area (Å²) < 4.78 is 5.24. The van der Waals surface area contributed by atoms with Crippen molar-refractivity contribution in [2.75, 3.05) is 11.9 Å². The normalized spacial score (nSPS) is 40.8. The minimum absolute atomic E-state index is 0.0836. The molecule has 102 valence electrons. The second-order valence-electron chi connectivity index (χ2n) is 6.50. The van der Waals surface area contributed by atoms with Gasteiger partial charge < -0.3 is 10.1 Å². The first-order valence-corrected chi connectivity index (χ1v) is 8.32. The topological polar surface area (TPSA) is 38.3 Å². The van der Waals surface area contributed by atoms with Crippen LogP contribution in [-0.4, -0.2) is 23.6 Å². The van der Waals surface area contributed by atoms with Gasteiger partial charge in [0.1, 0.15) is 0 Å². The zero-order valence-electron chi connectivity index (χ0n) is 10.8. The molecule has 0 unspecified atom stereocenters. The lowest BCUT2D eigenvalue weighted by molar-refractivity contribution is -0.0190. The van der Waals surface area contributed by atoms with Gasteiger partial charge in [-0.05, 0) is 62.7 Å². The monoisotopic (exact) mass is 315 g/mol. The smallest absolute Gasteiger partial charge is 0.407 e. The maximum Gasteiger partial charge on any atom is 0.407 e. The molecule has 18 heavy (non-hydrogen) atoms. The number of amides is 1. The predicted molar refractivity (Wildman–Crippen MR) is 73.8 cm³/mol. The highest BCUT2D eigenvalue weighted by molar-refractivity contribution is 9.09. The third-order valence-electron chi connectivity index (χ3n) is 4.92. The van der Waals surface area contributed by atoms with Crippen LogP contribution in [0, 0.1) is 17.8 Å². The fourth-order valence-corrected chi connectivity index (χ4v) is 4.96. The second kappa shape index (κ2) is 5.03. The standard InChI is InChI=1S/C14H22BrNO2/c15-2-1-3-18-13(17)16-14-7-10-4-11(8-14)6-12(5-10)9-14/h10-12H,1-9H2,(H,16,17). The van der Waals surface area contributed by atoms with Gasteiger partial charge in [0.25, 0.3) is 0 Å². The van der Waals surface area contributed by atoms with Crippen molar-refractivity contribution >= 4 is 22.0 Å². The first-order valence-electron chi connectivity index (χ1n) is 7.20. The second-order valence-corrected chi connectivity index (χ2v) is 7.29. The number of ether oxygens (including phenoxy) is 1. The van der Waals surface area contributed by atoms with E-state index in [-0.39, 0.29) is 11.6 Å². The third kappa shape index (κ3) is 2.54. The summed E-state index contributed by atoms with van der Waals surface area (Å²) in [7, 11) is 0. The van der Waals surface area contributed by atoms with E-state index < -0.39 is 0 Å². The molecule has 0 aromatic heterocycles. The number of alkyl carbamates (subject to hydrolysis) is 1. The van der Waals surface area contributed by atoms with E-state index in [0.717, 1.165) is 29.5 Å². The zero-order valence-corrected chi connectivity index (χ0v) is 12.4. The molecular formula is C14H22BrNO2. The van der Waals surface area contributed by atoms with Crippen LogP contribution >= 0.6 is 15.9 Å². The van der Waals surface area contributed by atoms with Gasteiger partial charge in [-0.3, -0.25) is 0 Å². The van der Waals surface area contributed by atoms with E-state index >= 15 is 0 Å². The average molecular weight is 316 g/mol. The number of halogens is 1. The Labute approximate surface area is 117 Å². The first-order chi connectivity index (χ1) is 8.69. The molecule has 4 heteroatoms. The summed E-state index contributed by atoms with van der Waals surface area (Å²) >= 11 is 3.34. The van der Waals surface area contributed by atoms with Crippen molar-refractivity contribution in [3.05, 3.63) is 0 Å². The van der Waals surface area contributed by atoms with Crippen LogP contribution in [0.4, 0.5) is 4.79 Å². The van der Waals surface area contributed by atoms with Crippen LogP contribution in [0.1, 0.15) is 44.9 Å². The Hall–Kier alpha value is -0.250. The van der Waals surface area contributed by atoms with E-state index in [1.165, 1.54) is 38.5 Å². The molecule has 1 N–H and O–H groups in total. The lowest BCUT2D eigenvalue weighted by Crippen LogP contribution is -2.59. The lowest BCUT2D eigenvalue weighted by atomic mass is 9.53. The maximum atomic E-state index is 11.9. The van der Waals surface area contributed by atoms with E-state index in [1.54, 1.807) is 0 Å². The van der Waals surface area contributed by atoms with Gasteiger partial charge in [-0.15, -0.1) is 0 Å². The summed E-state index contributed by atoms with van der Waals surface area (Å²) in [6.45, 7) is 0.517. The van der Waals surface area contributed by atoms with Crippen LogP contribution < -0.4 is 5.32 Å². The van der Waals surface area contributed by atoms with Crippen LogP contribution in [0.2, 0.25) is 0 Å². The van der Waals surface area contributed by atoms with Gasteiger partial charge in [0.2, 0.25) is 0 Å². The third-order valence-corrected chi connectivity index (χ3v) is 5.48. The molecule has 4 rings (SSSR count). The zero-order chi connectivity index (χ0) is 12.6. The van der Waals surface area contributed by atoms with E-state index in [4.69, 9.17) is 4.74 Å². The van der Waals surface area contributed by atoms with Gasteiger partial charge in [0.15, 0.2) is 0 Å². The highest BCUT2D eigenvalue weighted by Gasteiger charge is 2.51. The Morgan fingerprint density at radius 3 is 2.22 bits per heavy atom. The number of hydrogen-bond donors (Lipinski definition) is 1. The van der Waals surface area contributed by atoms with Crippen molar-refractivity contribution in [3.63, 3.8) is 0 Å². The number of carbonyl (C=O) groups excluding carboxylic acids is 1. The van der Waals surface area contributed by atoms with E-state index in [1.807, 2.05) is 0 Å². The number of hydrogen-bond acceptors (Lipinski definition) is 2. The molecular weight excluding hydrogens is 294 g/mol. The molecule has 3 nitrogen and oxygen atoms in total. The van der Waals surface area contributed by atoms with Crippen LogP contribution in [-0.2, 0) is 4.74 Å². The van der Waals surface area contributed by atoms with Gasteiger partial charge in [0.05, 0.1) is 6.61 Å². The molecule has 1 amide bonds. The van der Waals surface area contributed by atoms with Gasteiger partial charge in [-0.2, -0.15) is 0 Å². The fraction of sp³-hybridized carbons (Fsp3) is 0.929. The molecule has 0 aromatic carbocycles. The van der Waals surface area contributed by atoms with Crippen LogP contribution in [0.15, 0.2) is 0 Å². The number of nitrogens with one attached hydrogen (secondary N) is 1. The van der Waals surface area contributed by atoms with E-state index in [0.29, 0.717) is 6.61 Å². The van der Waals surface area contributed by atoms with Crippen molar-refractivity contribution in [1.29, 1.82) is 0 Å². The molecule has 4 saturated carbocycles. The minimum Gasteiger partial charge on any atom is -0.450 e. The highest BCUT2D eigenvalue weighted by Crippen LogP contribution is 2.55. The van der Waals surface area contributed by atoms with Crippen LogP contribution in [0.5, 0.6) is 0 Å². The van der Waals surface area contributed by atoms with Crippen molar-refractivity contribution in [3.8, 4) is 0 Å². The molecule has 4 aliphatic carbocycles. The molecule has 0 heterocycles. The van der Waals surface area contributed by atoms with E-state index in [9.17, 15) is 4.79 Å². The lowest BCUT2D eigenvalue weighted by Gasteiger charge is -2.56. The summed E-state index contributed by atoms with van der Waals surface area (Å²) in [6.07, 6.45) is 8.46. The summed E-state index contributed by atoms with van der Waals surface area (Å²) in [6, 6.07) is 0. The molecule has 4 bridgehead atoms. The molecule has 4 fully saturated rings. The molecule has 0 radical (unpaired) electrons. The van der Waals surface area contributed by atoms with Crippen molar-refractivity contribution in [2.45, 2.75) is 50.5 Å². The van der Waals surface area contributed by atoms with E-state index in [2.05, 4.69) is 21.2 Å². The Morgan fingerprint density at radius 2 is 1.72 bits per heavy atom. The molecule has 0 aliphatic heterocycles. The highest BCUT2D eigenvalue weighted by atomic mass is 79.9. The predicted octanol–water partition coefficient (Wildman–Crippen LogP) is 3.47. The van der Waals surface area contributed by atoms with Gasteiger partial charge in [-0.1, -0.05) is 15.9 Å². The maximum absolute atomic E-state index is 11.9. The van der Waals surface area contributed by atoms with Crippen molar-refractivity contribution in [1.82, 2.24) is 5.32 Å². The quantitative estimate of drug-likeness (QED) is 0.637. The number of alkyl halides is 1. The fourth-order valence-electron chi connectivity index (χ4n) is 4.74. The Morgan fingerprint density at radius 1 is 1.17 bits per heavy atom. The molecule has 0 aromatic rings. The van der Waals surface area contributed by atoms with Crippen molar-refractivity contribution < 1.29 is 9.53 Å². The summed E-state index contributed by atoms with van der Waals surface area (Å²) in [5, 5.41) is 4.09. The Bertz CT molecular complexity index is 296. The minimum atomic E-state index is -0.196. The van der Waals surface area contributed by atoms with Gasteiger partial charge >= 0.3 is 6.09 Å². The summed E-state index contributed by atoms with van der Waals surface area (Å²) in [5.74, 6) is 2.58. The number of carbonyl (C=O) groups is 1. The molecule has 4 aliphatic rings. The Kier molecular flexibility index (Phi) is 3.57. The van der Waals surface area contributed by atoms with Gasteiger partial charge in [-0.25, -0.2) is 4.79 Å². The molecule has 0 spiro atoms. The summed E-state index contributed by atoms with van der Waals surface area (Å²) in [5.41, 5.74) is 0.0836. The van der Waals surface area contributed by atoms with Crippen molar-refractivity contribution in [2.24, 2.45) is 17.8 Å². The SMILES string of the molecule is O=C(NC12CC3CC(CC(C3)C1)C2)OCCCBr. The molecule has 0 saturated heterocycles. The largest absolute Gasteiger partial charge is 0.450 e.